The number of quaternary nitrogens is 1. The van der Waals surface area contributed by atoms with Crippen LogP contribution in [0.3, 0.4) is 0 Å². The number of hydrogen-bond donors (Lipinski definition) is 1. The number of carbonyl (C=O) groups is 2. The fourth-order valence-electron chi connectivity index (χ4n) is 7.49. The van der Waals surface area contributed by atoms with Crippen molar-refractivity contribution in [3.8, 4) is 0 Å². The molecule has 0 saturated carbocycles. The van der Waals surface area contributed by atoms with Crippen molar-refractivity contribution in [3.05, 3.63) is 60.8 Å². The molecule has 0 rings (SSSR count). The van der Waals surface area contributed by atoms with Crippen LogP contribution < -0.4 is 10.2 Å². The van der Waals surface area contributed by atoms with Crippen molar-refractivity contribution in [2.45, 2.75) is 245 Å². The van der Waals surface area contributed by atoms with E-state index < -0.39 is 26.6 Å². The summed E-state index contributed by atoms with van der Waals surface area (Å²) in [5, 5.41) is 3.00. The molecule has 3 unspecified atom stereocenters. The van der Waals surface area contributed by atoms with E-state index >= 15 is 0 Å². The number of likely N-dealkylation sites (N-methyl/N-ethyl adjacent to an activating group) is 1. The Morgan fingerprint density at radius 3 is 1.56 bits per heavy atom. The molecule has 0 aliphatic heterocycles. The summed E-state index contributed by atoms with van der Waals surface area (Å²) >= 11 is 0. The molecule has 0 aliphatic carbocycles. The first kappa shape index (κ1) is 63.7. The monoisotopic (exact) mass is 947 g/mol. The lowest BCUT2D eigenvalue weighted by Crippen LogP contribution is -2.47. The van der Waals surface area contributed by atoms with E-state index in [9.17, 15) is 19.0 Å². The van der Waals surface area contributed by atoms with Gasteiger partial charge in [0.15, 0.2) is 0 Å². The van der Waals surface area contributed by atoms with Crippen molar-refractivity contribution >= 4 is 19.7 Å². The summed E-state index contributed by atoms with van der Waals surface area (Å²) in [6.45, 7) is 6.67. The molecular formula is C56H103N2O7P. The van der Waals surface area contributed by atoms with Gasteiger partial charge in [0, 0.05) is 12.8 Å². The maximum absolute atomic E-state index is 13.4. The third-order valence-electron chi connectivity index (χ3n) is 11.7. The van der Waals surface area contributed by atoms with E-state index in [0.29, 0.717) is 23.9 Å². The van der Waals surface area contributed by atoms with Crippen LogP contribution in [0.15, 0.2) is 60.8 Å². The molecule has 10 heteroatoms. The smallest absolute Gasteiger partial charge is 0.306 e. The number of nitrogens with one attached hydrogen (secondary N) is 1. The van der Waals surface area contributed by atoms with Gasteiger partial charge in [0.1, 0.15) is 19.3 Å². The summed E-state index contributed by atoms with van der Waals surface area (Å²) in [5.74, 6) is -0.567. The molecule has 3 atom stereocenters. The topological polar surface area (TPSA) is 114 Å². The van der Waals surface area contributed by atoms with Crippen LogP contribution in [0.1, 0.15) is 233 Å². The van der Waals surface area contributed by atoms with Crippen LogP contribution in [0.4, 0.5) is 0 Å². The largest absolute Gasteiger partial charge is 0.756 e. The number of phosphoric ester groups is 1. The van der Waals surface area contributed by atoms with Crippen LogP contribution in [0, 0.1) is 0 Å². The molecule has 0 spiro atoms. The van der Waals surface area contributed by atoms with Gasteiger partial charge in [0.2, 0.25) is 5.91 Å². The Balaban J connectivity index is 5.40. The van der Waals surface area contributed by atoms with Gasteiger partial charge in [-0.3, -0.25) is 14.2 Å². The second kappa shape index (κ2) is 46.4. The Labute approximate surface area is 407 Å². The van der Waals surface area contributed by atoms with Gasteiger partial charge >= 0.3 is 5.97 Å². The van der Waals surface area contributed by atoms with Gasteiger partial charge in [-0.2, -0.15) is 0 Å². The maximum Gasteiger partial charge on any atom is 0.306 e. The highest BCUT2D eigenvalue weighted by molar-refractivity contribution is 7.45. The first-order valence-corrected chi connectivity index (χ1v) is 28.6. The molecule has 0 fully saturated rings. The molecule has 0 heterocycles. The first-order valence-electron chi connectivity index (χ1n) is 27.1. The molecule has 384 valence electrons. The van der Waals surface area contributed by atoms with Crippen LogP contribution in [-0.4, -0.2) is 69.4 Å². The van der Waals surface area contributed by atoms with Gasteiger partial charge in [0.25, 0.3) is 7.82 Å². The standard InChI is InChI=1S/C56H103N2O7P/c1-7-10-13-16-19-22-25-27-29-31-34-37-40-43-46-49-56(60)65-54(47-44-41-38-35-32-24-21-18-15-12-9-3)53(52-64-66(61,62)63-51-50-58(4,5)6)57-55(59)48-45-42-39-36-33-30-28-26-23-20-17-14-11-8-2/h11,14,19-20,22-23,25,27,44,47,53-54H,7-10,12-13,15-18,21,24,26,28-43,45-46,48-52H2,1-6H3,(H-,57,59,61,62)/b14-11+,22-19+,23-20+,27-25+,47-44+. The fraction of sp³-hybridized carbons (Fsp3) is 0.786. The van der Waals surface area contributed by atoms with Gasteiger partial charge in [-0.25, -0.2) is 0 Å². The average molecular weight is 947 g/mol. The predicted molar refractivity (Wildman–Crippen MR) is 279 cm³/mol. The Kier molecular flexibility index (Phi) is 44.8. The van der Waals surface area contributed by atoms with Crippen LogP contribution in [0.2, 0.25) is 0 Å². The van der Waals surface area contributed by atoms with E-state index in [0.717, 1.165) is 103 Å². The minimum absolute atomic E-state index is 0.0275. The second-order valence-electron chi connectivity index (χ2n) is 19.4. The van der Waals surface area contributed by atoms with Gasteiger partial charge in [0.05, 0.1) is 33.8 Å². The Morgan fingerprint density at radius 1 is 0.561 bits per heavy atom. The highest BCUT2D eigenvalue weighted by Crippen LogP contribution is 2.38. The molecule has 0 saturated heterocycles. The Hall–Kier alpha value is -2.29. The molecule has 0 aromatic rings. The molecule has 9 nitrogen and oxygen atoms in total. The molecule has 0 radical (unpaired) electrons. The van der Waals surface area contributed by atoms with E-state index in [1.807, 2.05) is 33.3 Å². The zero-order valence-electron chi connectivity index (χ0n) is 43.6. The lowest BCUT2D eigenvalue weighted by atomic mass is 10.1. The minimum atomic E-state index is -4.69. The van der Waals surface area contributed by atoms with Crippen LogP contribution in [0.5, 0.6) is 0 Å². The number of amides is 1. The zero-order chi connectivity index (χ0) is 48.7. The summed E-state index contributed by atoms with van der Waals surface area (Å²) in [6, 6.07) is -0.896. The van der Waals surface area contributed by atoms with E-state index in [1.165, 1.54) is 89.9 Å². The number of phosphoric acid groups is 1. The number of unbranched alkanes of at least 4 members (excludes halogenated alkanes) is 25. The molecular weight excluding hydrogens is 844 g/mol. The lowest BCUT2D eigenvalue weighted by Gasteiger charge is -2.30. The molecule has 0 bridgehead atoms. The molecule has 1 N–H and O–H groups in total. The van der Waals surface area contributed by atoms with Crippen molar-refractivity contribution in [2.75, 3.05) is 40.9 Å². The fourth-order valence-corrected chi connectivity index (χ4v) is 8.21. The SMILES string of the molecule is CC/C=C/C/C=C/CCCCCCCCCC(=O)NC(COP(=O)([O-])OCC[N+](C)(C)C)C(/C=C/CCCCCCCCCCC)OC(=O)CCCCCCCC/C=C/C=C/CCCCC. The number of rotatable bonds is 48. The number of ether oxygens (including phenoxy) is 1. The number of nitrogens with zero attached hydrogens (tertiary/aromatic N) is 1. The summed E-state index contributed by atoms with van der Waals surface area (Å²) in [7, 11) is 1.17. The summed E-state index contributed by atoms with van der Waals surface area (Å²) in [6.07, 6.45) is 56.1. The number of hydrogen-bond acceptors (Lipinski definition) is 7. The zero-order valence-corrected chi connectivity index (χ0v) is 44.5. The number of allylic oxidation sites excluding steroid dienone is 9. The second-order valence-corrected chi connectivity index (χ2v) is 20.8. The van der Waals surface area contributed by atoms with E-state index in [4.69, 9.17) is 13.8 Å². The number of esters is 1. The first-order chi connectivity index (χ1) is 31.9. The van der Waals surface area contributed by atoms with E-state index in [2.05, 4.69) is 74.7 Å². The molecule has 0 aromatic carbocycles. The lowest BCUT2D eigenvalue weighted by molar-refractivity contribution is -0.870. The van der Waals surface area contributed by atoms with E-state index in [-0.39, 0.29) is 24.9 Å². The minimum Gasteiger partial charge on any atom is -0.756 e. The normalized spacial score (nSPS) is 14.3. The summed E-state index contributed by atoms with van der Waals surface area (Å²) in [5.41, 5.74) is 0. The molecule has 0 aliphatic rings. The van der Waals surface area contributed by atoms with Crippen LogP contribution >= 0.6 is 7.82 Å². The van der Waals surface area contributed by atoms with Crippen LogP contribution in [0.25, 0.3) is 0 Å². The molecule has 0 aromatic heterocycles. The van der Waals surface area contributed by atoms with Gasteiger partial charge in [-0.1, -0.05) is 197 Å². The summed E-state index contributed by atoms with van der Waals surface area (Å²) < 4.78 is 30.1. The quantitative estimate of drug-likeness (QED) is 0.0161. The maximum atomic E-state index is 13.4. The van der Waals surface area contributed by atoms with E-state index in [1.54, 1.807) is 0 Å². The predicted octanol–water partition coefficient (Wildman–Crippen LogP) is 15.3. The van der Waals surface area contributed by atoms with Gasteiger partial charge in [-0.05, 0) is 83.1 Å². The third-order valence-corrected chi connectivity index (χ3v) is 12.7. The van der Waals surface area contributed by atoms with Crippen molar-refractivity contribution in [1.82, 2.24) is 5.32 Å². The van der Waals surface area contributed by atoms with Crippen molar-refractivity contribution in [3.63, 3.8) is 0 Å². The molecule has 1 amide bonds. The highest BCUT2D eigenvalue weighted by Gasteiger charge is 2.27. The van der Waals surface area contributed by atoms with Gasteiger partial charge in [-0.15, -0.1) is 0 Å². The summed E-state index contributed by atoms with van der Waals surface area (Å²) in [4.78, 5) is 39.7. The molecule has 66 heavy (non-hydrogen) atoms. The third kappa shape index (κ3) is 46.8. The number of carbonyl (C=O) groups excluding carboxylic acids is 2. The average Bonchev–Trinajstić information content (AvgIpc) is 3.27. The Morgan fingerprint density at radius 2 is 1.02 bits per heavy atom. The van der Waals surface area contributed by atoms with Crippen LogP contribution in [-0.2, 0) is 27.9 Å². The van der Waals surface area contributed by atoms with Gasteiger partial charge < -0.3 is 28.5 Å². The van der Waals surface area contributed by atoms with Crippen molar-refractivity contribution in [2.24, 2.45) is 0 Å². The van der Waals surface area contributed by atoms with Crippen molar-refractivity contribution in [1.29, 1.82) is 0 Å². The Bertz CT molecular complexity index is 1320. The highest BCUT2D eigenvalue weighted by atomic mass is 31.2. The van der Waals surface area contributed by atoms with Crippen molar-refractivity contribution < 1.29 is 37.3 Å².